The third kappa shape index (κ3) is 7.27. The monoisotopic (exact) mass is 701 g/mol. The van der Waals surface area contributed by atoms with Gasteiger partial charge in [0, 0.05) is 42.3 Å². The van der Waals surface area contributed by atoms with Crippen molar-refractivity contribution in [1.82, 2.24) is 30.1 Å². The SMILES string of the molecule is CC(=O)N1CCC[C@H]1c1ncc(-c2ccc(-c3cc4cc(NC(=O)C5CCCN5C(=O)[C@H](NC(=O)OC(C)C)c5ccccc5)ccc4[nH]3)cc2)[nH]1. The molecule has 0 saturated carbocycles. The number of anilines is 1. The molecule has 3 atom stereocenters. The predicted octanol–water partition coefficient (Wildman–Crippen LogP) is 6.71. The molecule has 2 saturated heterocycles. The number of aromatic nitrogens is 3. The third-order valence-electron chi connectivity index (χ3n) is 9.79. The minimum atomic E-state index is -0.989. The summed E-state index contributed by atoms with van der Waals surface area (Å²) < 4.78 is 5.27. The highest BCUT2D eigenvalue weighted by Crippen LogP contribution is 2.33. The zero-order chi connectivity index (χ0) is 36.4. The van der Waals surface area contributed by atoms with Crippen molar-refractivity contribution in [2.75, 3.05) is 18.4 Å². The number of hydrogen-bond donors (Lipinski definition) is 4. The van der Waals surface area contributed by atoms with E-state index in [0.717, 1.165) is 58.6 Å². The number of rotatable bonds is 9. The first-order valence-corrected chi connectivity index (χ1v) is 17.8. The molecule has 4 heterocycles. The molecule has 7 rings (SSSR count). The van der Waals surface area contributed by atoms with Gasteiger partial charge in [0.25, 0.3) is 5.91 Å². The minimum Gasteiger partial charge on any atom is -0.447 e. The van der Waals surface area contributed by atoms with Gasteiger partial charge < -0.3 is 35.1 Å². The Hall–Kier alpha value is -5.91. The highest BCUT2D eigenvalue weighted by atomic mass is 16.6. The maximum absolute atomic E-state index is 13.9. The number of carbonyl (C=O) groups is 4. The molecule has 0 aliphatic carbocycles. The molecule has 3 aromatic carbocycles. The van der Waals surface area contributed by atoms with E-state index in [4.69, 9.17) is 4.74 Å². The van der Waals surface area contributed by atoms with Crippen LogP contribution < -0.4 is 10.6 Å². The largest absolute Gasteiger partial charge is 0.447 e. The number of benzene rings is 3. The molecule has 2 aliphatic rings. The number of nitrogens with one attached hydrogen (secondary N) is 4. The van der Waals surface area contributed by atoms with E-state index < -0.39 is 18.2 Å². The van der Waals surface area contributed by atoms with Crippen molar-refractivity contribution in [2.45, 2.75) is 70.7 Å². The van der Waals surface area contributed by atoms with E-state index in [1.807, 2.05) is 65.7 Å². The Morgan fingerprint density at radius 1 is 0.846 bits per heavy atom. The fraction of sp³-hybridized carbons (Fsp3) is 0.325. The highest BCUT2D eigenvalue weighted by Gasteiger charge is 2.38. The number of amides is 4. The Morgan fingerprint density at radius 2 is 1.56 bits per heavy atom. The second kappa shape index (κ2) is 14.7. The lowest BCUT2D eigenvalue weighted by molar-refractivity contribution is -0.138. The number of fused-ring (bicyclic) bond motifs is 1. The number of ether oxygens (including phenoxy) is 1. The zero-order valence-corrected chi connectivity index (χ0v) is 29.5. The van der Waals surface area contributed by atoms with Crippen LogP contribution in [0.15, 0.2) is 85.1 Å². The molecule has 2 fully saturated rings. The number of likely N-dealkylation sites (tertiary alicyclic amines) is 2. The zero-order valence-electron chi connectivity index (χ0n) is 29.5. The van der Waals surface area contributed by atoms with Gasteiger partial charge in [0.2, 0.25) is 11.8 Å². The molecular formula is C40H43N7O5. The molecule has 12 nitrogen and oxygen atoms in total. The first-order chi connectivity index (χ1) is 25.1. The highest BCUT2D eigenvalue weighted by molar-refractivity contribution is 6.00. The molecule has 0 spiro atoms. The second-order valence-electron chi connectivity index (χ2n) is 13.7. The van der Waals surface area contributed by atoms with Crippen molar-refractivity contribution in [3.05, 3.63) is 96.4 Å². The van der Waals surface area contributed by atoms with Gasteiger partial charge in [0.05, 0.1) is 24.0 Å². The summed E-state index contributed by atoms with van der Waals surface area (Å²) in [6.07, 6.45) is 3.84. The molecule has 2 aliphatic heterocycles. The van der Waals surface area contributed by atoms with E-state index in [2.05, 4.69) is 25.6 Å². The van der Waals surface area contributed by atoms with Crippen LogP contribution in [-0.2, 0) is 19.1 Å². The summed E-state index contributed by atoms with van der Waals surface area (Å²) in [6, 6.07) is 23.2. The lowest BCUT2D eigenvalue weighted by Gasteiger charge is -2.29. The van der Waals surface area contributed by atoms with Gasteiger partial charge in [-0.25, -0.2) is 9.78 Å². The van der Waals surface area contributed by atoms with Crippen LogP contribution in [-0.4, -0.2) is 73.8 Å². The van der Waals surface area contributed by atoms with Crippen LogP contribution >= 0.6 is 0 Å². The van der Waals surface area contributed by atoms with Crippen LogP contribution in [0.5, 0.6) is 0 Å². The van der Waals surface area contributed by atoms with Gasteiger partial charge >= 0.3 is 6.09 Å². The molecule has 268 valence electrons. The van der Waals surface area contributed by atoms with Gasteiger partial charge in [-0.2, -0.15) is 0 Å². The van der Waals surface area contributed by atoms with E-state index in [9.17, 15) is 19.2 Å². The van der Waals surface area contributed by atoms with Crippen molar-refractivity contribution < 1.29 is 23.9 Å². The summed E-state index contributed by atoms with van der Waals surface area (Å²) in [6.45, 7) is 6.25. The lowest BCUT2D eigenvalue weighted by atomic mass is 10.0. The van der Waals surface area contributed by atoms with E-state index in [1.54, 1.807) is 49.9 Å². The van der Waals surface area contributed by atoms with E-state index in [0.29, 0.717) is 30.6 Å². The fourth-order valence-electron chi connectivity index (χ4n) is 7.27. The molecule has 0 bridgehead atoms. The molecular weight excluding hydrogens is 658 g/mol. The molecule has 5 aromatic rings. The van der Waals surface area contributed by atoms with Crippen LogP contribution in [0.1, 0.15) is 69.9 Å². The number of aromatic amines is 2. The number of hydrogen-bond acceptors (Lipinski definition) is 6. The lowest BCUT2D eigenvalue weighted by Crippen LogP contribution is -2.48. The summed E-state index contributed by atoms with van der Waals surface area (Å²) >= 11 is 0. The molecule has 4 amide bonds. The minimum absolute atomic E-state index is 0.0117. The first-order valence-electron chi connectivity index (χ1n) is 17.8. The second-order valence-corrected chi connectivity index (χ2v) is 13.7. The van der Waals surface area contributed by atoms with E-state index in [1.165, 1.54) is 0 Å². The summed E-state index contributed by atoms with van der Waals surface area (Å²) in [5, 5.41) is 6.66. The molecule has 52 heavy (non-hydrogen) atoms. The maximum atomic E-state index is 13.9. The average Bonchev–Trinajstić information content (AvgIpc) is 3.96. The third-order valence-corrected chi connectivity index (χ3v) is 9.79. The van der Waals surface area contributed by atoms with Crippen molar-refractivity contribution >= 4 is 40.4 Å². The fourth-order valence-corrected chi connectivity index (χ4v) is 7.27. The van der Waals surface area contributed by atoms with Crippen LogP contribution in [0.3, 0.4) is 0 Å². The summed E-state index contributed by atoms with van der Waals surface area (Å²) in [7, 11) is 0. The van der Waals surface area contributed by atoms with Crippen molar-refractivity contribution in [3.63, 3.8) is 0 Å². The van der Waals surface area contributed by atoms with Gasteiger partial charge in [0.15, 0.2) is 0 Å². The van der Waals surface area contributed by atoms with Gasteiger partial charge in [-0.05, 0) is 80.5 Å². The topological polar surface area (TPSA) is 153 Å². The van der Waals surface area contributed by atoms with Crippen LogP contribution in [0.25, 0.3) is 33.4 Å². The average molecular weight is 702 g/mol. The first kappa shape index (κ1) is 34.5. The summed E-state index contributed by atoms with van der Waals surface area (Å²) in [4.78, 5) is 67.1. The number of nitrogens with zero attached hydrogens (tertiary/aromatic N) is 3. The van der Waals surface area contributed by atoms with Gasteiger partial charge in [-0.15, -0.1) is 0 Å². The van der Waals surface area contributed by atoms with Crippen LogP contribution in [0.2, 0.25) is 0 Å². The number of H-pyrrole nitrogens is 2. The Kier molecular flexibility index (Phi) is 9.80. The summed E-state index contributed by atoms with van der Waals surface area (Å²) in [5.41, 5.74) is 5.98. The Labute approximate surface area is 301 Å². The van der Waals surface area contributed by atoms with Crippen LogP contribution in [0.4, 0.5) is 10.5 Å². The van der Waals surface area contributed by atoms with Crippen molar-refractivity contribution in [2.24, 2.45) is 0 Å². The standard InChI is InChI=1S/C40H43N7O5/c1-24(2)52-40(51)45-36(28-9-5-4-6-10-28)39(50)47-20-8-12-35(47)38(49)42-30-17-18-31-29(21-30)22-32(43-31)26-13-15-27(16-14-26)33-23-41-37(44-33)34-11-7-19-46(34)25(3)48/h4-6,9-10,13-18,21-24,34-36,43H,7-8,11-12,19-20H2,1-3H3,(H,41,44)(H,42,49)(H,45,51)/t34-,35?,36+/m0/s1. The van der Waals surface area contributed by atoms with Gasteiger partial charge in [0.1, 0.15) is 17.9 Å². The van der Waals surface area contributed by atoms with Crippen molar-refractivity contribution in [3.8, 4) is 22.5 Å². The molecule has 4 N–H and O–H groups in total. The molecule has 2 aromatic heterocycles. The van der Waals surface area contributed by atoms with E-state index in [-0.39, 0.29) is 29.9 Å². The summed E-state index contributed by atoms with van der Waals surface area (Å²) in [5.74, 6) is 0.244. The Bertz CT molecular complexity index is 2090. The van der Waals surface area contributed by atoms with Crippen LogP contribution in [0, 0.1) is 0 Å². The maximum Gasteiger partial charge on any atom is 0.408 e. The van der Waals surface area contributed by atoms with Gasteiger partial charge in [-0.3, -0.25) is 14.4 Å². The molecule has 0 radical (unpaired) electrons. The van der Waals surface area contributed by atoms with Gasteiger partial charge in [-0.1, -0.05) is 54.6 Å². The number of imidazole rings is 1. The normalized spacial score (nSPS) is 17.8. The molecule has 1 unspecified atom stereocenters. The Balaban J connectivity index is 1.03. The van der Waals surface area contributed by atoms with Crippen molar-refractivity contribution in [1.29, 1.82) is 0 Å². The smallest absolute Gasteiger partial charge is 0.408 e. The molecule has 12 heteroatoms. The quantitative estimate of drug-likeness (QED) is 0.134. The number of carbonyl (C=O) groups excluding carboxylic acids is 4. The number of alkyl carbamates (subject to hydrolysis) is 1. The Morgan fingerprint density at radius 3 is 2.29 bits per heavy atom. The predicted molar refractivity (Wildman–Crippen MR) is 198 cm³/mol. The van der Waals surface area contributed by atoms with E-state index >= 15 is 0 Å².